The van der Waals surface area contributed by atoms with Gasteiger partial charge in [-0.15, -0.1) is 11.3 Å². The van der Waals surface area contributed by atoms with Crippen LogP contribution in [-0.2, 0) is 16.1 Å². The van der Waals surface area contributed by atoms with Crippen molar-refractivity contribution >= 4 is 50.9 Å². The van der Waals surface area contributed by atoms with E-state index in [1.165, 1.54) is 15.9 Å². The van der Waals surface area contributed by atoms with Gasteiger partial charge in [-0.3, -0.25) is 14.2 Å². The molecule has 0 aliphatic carbocycles. The van der Waals surface area contributed by atoms with Crippen LogP contribution in [0.15, 0.2) is 45.7 Å². The minimum atomic E-state index is -0.744. The molecular weight excluding hydrogens is 426 g/mol. The summed E-state index contributed by atoms with van der Waals surface area (Å²) in [5, 5.41) is 14.6. The zero-order valence-electron chi connectivity index (χ0n) is 16.5. The van der Waals surface area contributed by atoms with Gasteiger partial charge in [0.15, 0.2) is 5.16 Å². The Hall–Kier alpha value is -2.69. The van der Waals surface area contributed by atoms with E-state index in [-0.39, 0.29) is 35.9 Å². The third-order valence-corrected chi connectivity index (χ3v) is 5.87. The Bertz CT molecular complexity index is 1120. The number of hydrogen-bond acceptors (Lipinski definition) is 8. The summed E-state index contributed by atoms with van der Waals surface area (Å²) >= 11 is 2.38. The highest BCUT2D eigenvalue weighted by Crippen LogP contribution is 2.22. The molecule has 30 heavy (non-hydrogen) atoms. The fourth-order valence-corrected chi connectivity index (χ4v) is 4.34. The van der Waals surface area contributed by atoms with E-state index < -0.39 is 12.1 Å². The number of thiophene rings is 1. The number of aromatic nitrogens is 2. The van der Waals surface area contributed by atoms with Crippen LogP contribution in [0.5, 0.6) is 0 Å². The number of nitrogens with zero attached hydrogens (tertiary/aromatic N) is 2. The van der Waals surface area contributed by atoms with E-state index in [1.54, 1.807) is 49.6 Å². The maximum absolute atomic E-state index is 12.7. The van der Waals surface area contributed by atoms with Crippen LogP contribution in [-0.4, -0.2) is 45.0 Å². The lowest BCUT2D eigenvalue weighted by Crippen LogP contribution is -2.27. The fourth-order valence-electron chi connectivity index (χ4n) is 2.75. The Kier molecular flexibility index (Phi) is 7.24. The van der Waals surface area contributed by atoms with Crippen molar-refractivity contribution in [2.75, 3.05) is 17.7 Å². The summed E-state index contributed by atoms with van der Waals surface area (Å²) in [6.07, 6.45) is -0.744. The number of esters is 1. The second kappa shape index (κ2) is 9.88. The fraction of sp³-hybridized carbons (Fsp3) is 0.300. The molecule has 1 amide bonds. The first-order valence-electron chi connectivity index (χ1n) is 9.25. The van der Waals surface area contributed by atoms with Crippen LogP contribution in [0.2, 0.25) is 0 Å². The van der Waals surface area contributed by atoms with Crippen LogP contribution in [0.3, 0.4) is 0 Å². The molecule has 3 aromatic rings. The van der Waals surface area contributed by atoms with Crippen molar-refractivity contribution in [1.82, 2.24) is 9.55 Å². The first kappa shape index (κ1) is 22.0. The average Bonchev–Trinajstić information content (AvgIpc) is 3.18. The summed E-state index contributed by atoms with van der Waals surface area (Å²) in [5.74, 6) is -0.907. The van der Waals surface area contributed by atoms with Crippen molar-refractivity contribution in [2.24, 2.45) is 0 Å². The Balaban J connectivity index is 1.78. The van der Waals surface area contributed by atoms with Gasteiger partial charge in [0.05, 0.1) is 41.8 Å². The van der Waals surface area contributed by atoms with Crippen LogP contribution in [0.1, 0.15) is 24.2 Å². The van der Waals surface area contributed by atoms with Gasteiger partial charge in [-0.25, -0.2) is 9.78 Å². The van der Waals surface area contributed by atoms with Crippen molar-refractivity contribution in [2.45, 2.75) is 31.7 Å². The number of amides is 1. The topological polar surface area (TPSA) is 111 Å². The Labute approximate surface area is 180 Å². The van der Waals surface area contributed by atoms with Gasteiger partial charge in [-0.05, 0) is 37.4 Å². The number of anilines is 1. The van der Waals surface area contributed by atoms with Crippen molar-refractivity contribution < 1.29 is 19.4 Å². The number of carbonyl (C=O) groups excluding carboxylic acids is 2. The molecule has 2 heterocycles. The summed E-state index contributed by atoms with van der Waals surface area (Å²) in [6.45, 7) is 3.60. The molecule has 0 saturated carbocycles. The van der Waals surface area contributed by atoms with Crippen LogP contribution in [0, 0.1) is 0 Å². The van der Waals surface area contributed by atoms with Crippen molar-refractivity contribution in [3.05, 3.63) is 51.6 Å². The van der Waals surface area contributed by atoms with E-state index in [9.17, 15) is 19.5 Å². The third kappa shape index (κ3) is 5.07. The molecule has 0 aliphatic heterocycles. The van der Waals surface area contributed by atoms with Gasteiger partial charge < -0.3 is 15.2 Å². The normalized spacial score (nSPS) is 12.0. The average molecular weight is 448 g/mol. The van der Waals surface area contributed by atoms with E-state index >= 15 is 0 Å². The van der Waals surface area contributed by atoms with Gasteiger partial charge in [-0.1, -0.05) is 23.9 Å². The summed E-state index contributed by atoms with van der Waals surface area (Å²) in [7, 11) is 0. The summed E-state index contributed by atoms with van der Waals surface area (Å²) < 4.78 is 6.90. The molecule has 1 atom stereocenters. The summed E-state index contributed by atoms with van der Waals surface area (Å²) in [4.78, 5) is 41.8. The highest BCUT2D eigenvalue weighted by Gasteiger charge is 2.17. The molecule has 158 valence electrons. The lowest BCUT2D eigenvalue weighted by atomic mass is 10.2. The zero-order chi connectivity index (χ0) is 21.7. The molecular formula is C20H21N3O5S2. The number of para-hydroxylation sites is 1. The van der Waals surface area contributed by atoms with Gasteiger partial charge in [-0.2, -0.15) is 0 Å². The Morgan fingerprint density at radius 2 is 2.10 bits per heavy atom. The molecule has 8 nitrogen and oxygen atoms in total. The lowest BCUT2D eigenvalue weighted by Gasteiger charge is -2.14. The number of carbonyl (C=O) groups is 2. The molecule has 0 saturated heterocycles. The van der Waals surface area contributed by atoms with E-state index in [4.69, 9.17) is 4.74 Å². The molecule has 3 rings (SSSR count). The van der Waals surface area contributed by atoms with Crippen molar-refractivity contribution in [3.8, 4) is 0 Å². The van der Waals surface area contributed by atoms with Crippen molar-refractivity contribution in [1.29, 1.82) is 0 Å². The minimum Gasteiger partial charge on any atom is -0.462 e. The molecule has 0 spiro atoms. The predicted octanol–water partition coefficient (Wildman–Crippen LogP) is 2.75. The number of ether oxygens (including phenoxy) is 1. The molecule has 2 N–H and O–H groups in total. The first-order valence-corrected chi connectivity index (χ1v) is 11.1. The molecule has 0 aliphatic rings. The lowest BCUT2D eigenvalue weighted by molar-refractivity contribution is -0.113. The molecule has 0 unspecified atom stereocenters. The maximum atomic E-state index is 12.7. The predicted molar refractivity (Wildman–Crippen MR) is 117 cm³/mol. The van der Waals surface area contributed by atoms with Gasteiger partial charge in [0, 0.05) is 0 Å². The number of benzene rings is 1. The van der Waals surface area contributed by atoms with E-state index in [2.05, 4.69) is 10.3 Å². The minimum absolute atomic E-state index is 0.0287. The molecule has 10 heteroatoms. The standard InChI is InChI=1S/C20H21N3O5S2/c1-3-28-19(27)13-6-4-5-7-14(13)21-16(25)11-30-20-22-15-8-9-29-17(15)18(26)23(20)10-12(2)24/h4-9,12,24H,3,10-11H2,1-2H3,(H,21,25)/t12-/m0/s1. The Morgan fingerprint density at radius 1 is 1.33 bits per heavy atom. The van der Waals surface area contributed by atoms with Crippen LogP contribution >= 0.6 is 23.1 Å². The molecule has 0 radical (unpaired) electrons. The number of nitrogens with one attached hydrogen (secondary N) is 1. The maximum Gasteiger partial charge on any atom is 0.340 e. The SMILES string of the molecule is CCOC(=O)c1ccccc1NC(=O)CSc1nc2ccsc2c(=O)n1C[C@H](C)O. The smallest absolute Gasteiger partial charge is 0.340 e. The molecule has 0 fully saturated rings. The largest absolute Gasteiger partial charge is 0.462 e. The second-order valence-electron chi connectivity index (χ2n) is 6.40. The van der Waals surface area contributed by atoms with Gasteiger partial charge in [0.25, 0.3) is 5.56 Å². The molecule has 1 aromatic carbocycles. The van der Waals surface area contributed by atoms with Crippen molar-refractivity contribution in [3.63, 3.8) is 0 Å². The zero-order valence-corrected chi connectivity index (χ0v) is 18.1. The molecule has 2 aromatic heterocycles. The second-order valence-corrected chi connectivity index (χ2v) is 8.26. The monoisotopic (exact) mass is 447 g/mol. The summed E-state index contributed by atoms with van der Waals surface area (Å²) in [6, 6.07) is 8.33. The van der Waals surface area contributed by atoms with Gasteiger partial charge >= 0.3 is 5.97 Å². The van der Waals surface area contributed by atoms with E-state index in [0.29, 0.717) is 21.1 Å². The van der Waals surface area contributed by atoms with Crippen LogP contribution in [0.25, 0.3) is 10.2 Å². The number of hydrogen-bond donors (Lipinski definition) is 2. The van der Waals surface area contributed by atoms with E-state index in [1.807, 2.05) is 0 Å². The highest BCUT2D eigenvalue weighted by molar-refractivity contribution is 7.99. The van der Waals surface area contributed by atoms with E-state index in [0.717, 1.165) is 11.8 Å². The third-order valence-electron chi connectivity index (χ3n) is 4.01. The van der Waals surface area contributed by atoms with Gasteiger partial charge in [0.2, 0.25) is 5.91 Å². The highest BCUT2D eigenvalue weighted by atomic mass is 32.2. The quantitative estimate of drug-likeness (QED) is 0.310. The number of fused-ring (bicyclic) bond motifs is 1. The Morgan fingerprint density at radius 3 is 2.83 bits per heavy atom. The number of rotatable bonds is 8. The number of aliphatic hydroxyl groups excluding tert-OH is 1. The number of thioether (sulfide) groups is 1. The van der Waals surface area contributed by atoms with Crippen LogP contribution < -0.4 is 10.9 Å². The van der Waals surface area contributed by atoms with Gasteiger partial charge in [0.1, 0.15) is 4.70 Å². The summed E-state index contributed by atoms with van der Waals surface area (Å²) in [5.41, 5.74) is 0.930. The number of aliphatic hydroxyl groups is 1. The first-order chi connectivity index (χ1) is 14.4. The molecule has 0 bridgehead atoms. The van der Waals surface area contributed by atoms with Crippen LogP contribution in [0.4, 0.5) is 5.69 Å².